The lowest BCUT2D eigenvalue weighted by Gasteiger charge is -2.17. The van der Waals surface area contributed by atoms with Gasteiger partial charge in [-0.2, -0.15) is 8.78 Å². The van der Waals surface area contributed by atoms with Gasteiger partial charge in [0.05, 0.1) is 5.69 Å². The third-order valence-electron chi connectivity index (χ3n) is 3.17. The summed E-state index contributed by atoms with van der Waals surface area (Å²) in [5, 5.41) is 5.99. The van der Waals surface area contributed by atoms with Gasteiger partial charge in [-0.15, -0.1) is 11.3 Å². The molecule has 0 amide bonds. The minimum absolute atomic E-state index is 0.160. The summed E-state index contributed by atoms with van der Waals surface area (Å²) in [5.41, 5.74) is 1.32. The number of alkyl halides is 2. The molecule has 0 radical (unpaired) electrons. The Hall–Kier alpha value is -1.80. The van der Waals surface area contributed by atoms with E-state index in [1.165, 1.54) is 23.5 Å². The summed E-state index contributed by atoms with van der Waals surface area (Å²) >= 11 is 1.52. The van der Waals surface area contributed by atoms with Crippen molar-refractivity contribution in [2.75, 3.05) is 19.0 Å². The average molecular weight is 345 g/mol. The standard InChI is InChI=1S/C15H18F3N3OS/c1-9(19-7-11-8-23-15(20-11)21(2)3)12-5-4-10(16)6-13(12)22-14(17)18/h4-6,8-9,14,19H,7H2,1-3H3/t9-/m1/s1. The van der Waals surface area contributed by atoms with E-state index in [2.05, 4.69) is 15.0 Å². The molecule has 4 nitrogen and oxygen atoms in total. The van der Waals surface area contributed by atoms with Gasteiger partial charge < -0.3 is 15.0 Å². The summed E-state index contributed by atoms with van der Waals surface area (Å²) in [6.07, 6.45) is 0. The monoisotopic (exact) mass is 345 g/mol. The van der Waals surface area contributed by atoms with Crippen molar-refractivity contribution in [3.63, 3.8) is 0 Å². The Kier molecular flexibility index (Phi) is 5.84. The van der Waals surface area contributed by atoms with E-state index in [0.29, 0.717) is 12.1 Å². The molecule has 2 rings (SSSR count). The third kappa shape index (κ3) is 4.84. The smallest absolute Gasteiger partial charge is 0.387 e. The number of thiazole rings is 1. The SMILES string of the molecule is C[C@@H](NCc1csc(N(C)C)n1)c1ccc(F)cc1OC(F)F. The van der Waals surface area contributed by atoms with Crippen LogP contribution in [-0.2, 0) is 6.54 Å². The highest BCUT2D eigenvalue weighted by Gasteiger charge is 2.16. The minimum atomic E-state index is -3.00. The Morgan fingerprint density at radius 1 is 1.35 bits per heavy atom. The van der Waals surface area contributed by atoms with E-state index < -0.39 is 12.4 Å². The van der Waals surface area contributed by atoms with Gasteiger partial charge in [0.1, 0.15) is 11.6 Å². The lowest BCUT2D eigenvalue weighted by Crippen LogP contribution is -2.20. The van der Waals surface area contributed by atoms with Crippen molar-refractivity contribution in [2.24, 2.45) is 0 Å². The predicted molar refractivity (Wildman–Crippen MR) is 84.7 cm³/mol. The molecule has 8 heteroatoms. The van der Waals surface area contributed by atoms with Crippen LogP contribution in [0.2, 0.25) is 0 Å². The lowest BCUT2D eigenvalue weighted by atomic mass is 10.1. The molecule has 1 aromatic heterocycles. The largest absolute Gasteiger partial charge is 0.434 e. The van der Waals surface area contributed by atoms with Crippen molar-refractivity contribution < 1.29 is 17.9 Å². The van der Waals surface area contributed by atoms with E-state index in [4.69, 9.17) is 0 Å². The zero-order chi connectivity index (χ0) is 17.0. The second-order valence-electron chi connectivity index (χ2n) is 5.18. The van der Waals surface area contributed by atoms with Crippen LogP contribution in [0.4, 0.5) is 18.3 Å². The van der Waals surface area contributed by atoms with Gasteiger partial charge in [0.2, 0.25) is 0 Å². The van der Waals surface area contributed by atoms with E-state index in [1.54, 1.807) is 6.92 Å². The highest BCUT2D eigenvalue weighted by atomic mass is 32.1. The Morgan fingerprint density at radius 2 is 2.09 bits per heavy atom. The predicted octanol–water partition coefficient (Wildman–Crippen LogP) is 3.80. The maximum Gasteiger partial charge on any atom is 0.387 e. The maximum absolute atomic E-state index is 13.2. The van der Waals surface area contributed by atoms with Crippen LogP contribution >= 0.6 is 11.3 Å². The van der Waals surface area contributed by atoms with Crippen molar-refractivity contribution in [2.45, 2.75) is 26.1 Å². The molecule has 1 heterocycles. The van der Waals surface area contributed by atoms with E-state index in [0.717, 1.165) is 16.9 Å². The summed E-state index contributed by atoms with van der Waals surface area (Å²) in [5.74, 6) is -0.779. The van der Waals surface area contributed by atoms with Crippen LogP contribution in [0, 0.1) is 5.82 Å². The second kappa shape index (κ2) is 7.65. The number of hydrogen-bond acceptors (Lipinski definition) is 5. The molecule has 0 saturated carbocycles. The number of ether oxygens (including phenoxy) is 1. The highest BCUT2D eigenvalue weighted by Crippen LogP contribution is 2.28. The number of rotatable bonds is 7. The highest BCUT2D eigenvalue weighted by molar-refractivity contribution is 7.13. The summed E-state index contributed by atoms with van der Waals surface area (Å²) in [6.45, 7) is -0.731. The van der Waals surface area contributed by atoms with Gasteiger partial charge >= 0.3 is 6.61 Å². The van der Waals surface area contributed by atoms with Gasteiger partial charge in [-0.1, -0.05) is 6.07 Å². The van der Waals surface area contributed by atoms with Crippen molar-refractivity contribution in [1.29, 1.82) is 0 Å². The van der Waals surface area contributed by atoms with E-state index in [-0.39, 0.29) is 11.8 Å². The molecule has 0 aliphatic heterocycles. The first-order valence-corrected chi connectivity index (χ1v) is 7.84. The second-order valence-corrected chi connectivity index (χ2v) is 6.02. The molecule has 2 aromatic rings. The fourth-order valence-electron chi connectivity index (χ4n) is 2.01. The van der Waals surface area contributed by atoms with E-state index >= 15 is 0 Å². The number of anilines is 1. The molecular weight excluding hydrogens is 327 g/mol. The molecule has 0 aliphatic rings. The first kappa shape index (κ1) is 17.6. The van der Waals surface area contributed by atoms with Gasteiger partial charge in [-0.3, -0.25) is 0 Å². The van der Waals surface area contributed by atoms with Crippen molar-refractivity contribution in [3.05, 3.63) is 40.7 Å². The third-order valence-corrected chi connectivity index (χ3v) is 4.23. The maximum atomic E-state index is 13.2. The molecule has 1 atom stereocenters. The van der Waals surface area contributed by atoms with Gasteiger partial charge in [-0.25, -0.2) is 9.37 Å². The molecule has 0 unspecified atom stereocenters. The Morgan fingerprint density at radius 3 is 2.70 bits per heavy atom. The lowest BCUT2D eigenvalue weighted by molar-refractivity contribution is -0.0508. The van der Waals surface area contributed by atoms with Crippen molar-refractivity contribution >= 4 is 16.5 Å². The molecule has 23 heavy (non-hydrogen) atoms. The van der Waals surface area contributed by atoms with Gasteiger partial charge in [0.15, 0.2) is 5.13 Å². The Labute approximate surface area is 136 Å². The summed E-state index contributed by atoms with van der Waals surface area (Å²) in [7, 11) is 3.82. The molecule has 0 spiro atoms. The van der Waals surface area contributed by atoms with E-state index in [1.807, 2.05) is 24.4 Å². The average Bonchev–Trinajstić information content (AvgIpc) is 2.93. The van der Waals surface area contributed by atoms with Crippen LogP contribution in [-0.4, -0.2) is 25.7 Å². The fourth-order valence-corrected chi connectivity index (χ4v) is 2.77. The van der Waals surface area contributed by atoms with Crippen LogP contribution < -0.4 is 15.0 Å². The molecule has 1 N–H and O–H groups in total. The number of nitrogens with zero attached hydrogens (tertiary/aromatic N) is 2. The minimum Gasteiger partial charge on any atom is -0.434 e. The van der Waals surface area contributed by atoms with Crippen LogP contribution in [0.5, 0.6) is 5.75 Å². The molecule has 0 saturated heterocycles. The molecule has 0 aliphatic carbocycles. The van der Waals surface area contributed by atoms with Crippen molar-refractivity contribution in [1.82, 2.24) is 10.3 Å². The van der Waals surface area contributed by atoms with Gasteiger partial charge in [0.25, 0.3) is 0 Å². The number of halogens is 3. The van der Waals surface area contributed by atoms with Gasteiger partial charge in [-0.05, 0) is 13.0 Å². The molecular formula is C15H18F3N3OS. The van der Waals surface area contributed by atoms with Crippen LogP contribution in [0.25, 0.3) is 0 Å². The number of benzene rings is 1. The zero-order valence-corrected chi connectivity index (χ0v) is 13.8. The fraction of sp³-hybridized carbons (Fsp3) is 0.400. The van der Waals surface area contributed by atoms with Gasteiger partial charge in [0, 0.05) is 43.7 Å². The molecule has 126 valence electrons. The normalized spacial score (nSPS) is 12.5. The molecule has 0 bridgehead atoms. The first-order chi connectivity index (χ1) is 10.9. The Bertz CT molecular complexity index is 649. The first-order valence-electron chi connectivity index (χ1n) is 6.96. The number of hydrogen-bond donors (Lipinski definition) is 1. The van der Waals surface area contributed by atoms with Crippen LogP contribution in [0.3, 0.4) is 0 Å². The molecule has 1 aromatic carbocycles. The number of aromatic nitrogens is 1. The quantitative estimate of drug-likeness (QED) is 0.828. The molecule has 0 fully saturated rings. The Balaban J connectivity index is 2.06. The summed E-state index contributed by atoms with van der Waals surface area (Å²) in [6, 6.07) is 3.33. The number of nitrogens with one attached hydrogen (secondary N) is 1. The van der Waals surface area contributed by atoms with Crippen LogP contribution in [0.15, 0.2) is 23.6 Å². The van der Waals surface area contributed by atoms with Crippen LogP contribution in [0.1, 0.15) is 24.2 Å². The van der Waals surface area contributed by atoms with Crippen molar-refractivity contribution in [3.8, 4) is 5.75 Å². The van der Waals surface area contributed by atoms with E-state index in [9.17, 15) is 13.2 Å². The topological polar surface area (TPSA) is 37.4 Å². The zero-order valence-electron chi connectivity index (χ0n) is 13.0. The summed E-state index contributed by atoms with van der Waals surface area (Å²) < 4.78 is 42.5. The summed E-state index contributed by atoms with van der Waals surface area (Å²) in [4.78, 5) is 6.34.